The maximum atomic E-state index is 12.9. The topological polar surface area (TPSA) is 50.8 Å². The Morgan fingerprint density at radius 2 is 1.83 bits per heavy atom. The largest absolute Gasteiger partial charge is 0.491 e. The standard InChI is InChI=1S/C22H25Cl2FN2O3/c1-29-22(15-30-18-6-7-19(23)20(24)12-18)8-10-27(11-9-22)14-21(28)26-13-16-2-4-17(25)5-3-16/h2-7,12H,8-11,13-15H2,1H3,(H,26,28). The van der Waals surface area contributed by atoms with Crippen molar-refractivity contribution in [2.45, 2.75) is 25.0 Å². The molecule has 1 N–H and O–H groups in total. The molecule has 0 saturated carbocycles. The second-order valence-corrected chi connectivity index (χ2v) is 8.25. The molecule has 162 valence electrons. The summed E-state index contributed by atoms with van der Waals surface area (Å²) in [5.74, 6) is 0.294. The van der Waals surface area contributed by atoms with Crippen LogP contribution in [0.15, 0.2) is 42.5 Å². The second kappa shape index (κ2) is 10.4. The summed E-state index contributed by atoms with van der Waals surface area (Å²) >= 11 is 12.0. The Hall–Kier alpha value is -1.86. The molecule has 0 atom stereocenters. The van der Waals surface area contributed by atoms with Gasteiger partial charge in [-0.15, -0.1) is 0 Å². The molecule has 1 fully saturated rings. The fourth-order valence-corrected chi connectivity index (χ4v) is 3.66. The van der Waals surface area contributed by atoms with Gasteiger partial charge in [-0.25, -0.2) is 4.39 Å². The van der Waals surface area contributed by atoms with Gasteiger partial charge >= 0.3 is 0 Å². The number of benzene rings is 2. The molecular formula is C22H25Cl2FN2O3. The van der Waals surface area contributed by atoms with Crippen molar-refractivity contribution in [3.05, 3.63) is 63.9 Å². The van der Waals surface area contributed by atoms with E-state index in [1.807, 2.05) is 0 Å². The molecule has 30 heavy (non-hydrogen) atoms. The average Bonchev–Trinajstić information content (AvgIpc) is 2.75. The Morgan fingerprint density at radius 1 is 1.13 bits per heavy atom. The molecule has 0 spiro atoms. The van der Waals surface area contributed by atoms with E-state index in [1.165, 1.54) is 12.1 Å². The van der Waals surface area contributed by atoms with Crippen LogP contribution >= 0.6 is 23.2 Å². The molecule has 1 aliphatic heterocycles. The SMILES string of the molecule is COC1(COc2ccc(Cl)c(Cl)c2)CCN(CC(=O)NCc2ccc(F)cc2)CC1. The Kier molecular flexibility index (Phi) is 7.94. The lowest BCUT2D eigenvalue weighted by atomic mass is 9.92. The molecule has 1 amide bonds. The highest BCUT2D eigenvalue weighted by atomic mass is 35.5. The summed E-state index contributed by atoms with van der Waals surface area (Å²) in [7, 11) is 1.68. The lowest BCUT2D eigenvalue weighted by Gasteiger charge is -2.40. The third-order valence-corrected chi connectivity index (χ3v) is 6.10. The van der Waals surface area contributed by atoms with Crippen LogP contribution in [0.3, 0.4) is 0 Å². The van der Waals surface area contributed by atoms with Gasteiger partial charge in [0.2, 0.25) is 5.91 Å². The minimum atomic E-state index is -0.410. The highest BCUT2D eigenvalue weighted by Gasteiger charge is 2.36. The number of amides is 1. The fourth-order valence-electron chi connectivity index (χ4n) is 3.37. The van der Waals surface area contributed by atoms with Gasteiger partial charge in [-0.2, -0.15) is 0 Å². The summed E-state index contributed by atoms with van der Waals surface area (Å²) < 4.78 is 24.6. The molecule has 0 aliphatic carbocycles. The monoisotopic (exact) mass is 454 g/mol. The molecule has 0 radical (unpaired) electrons. The van der Waals surface area contributed by atoms with Gasteiger partial charge in [0.05, 0.1) is 16.6 Å². The van der Waals surface area contributed by atoms with Crippen molar-refractivity contribution >= 4 is 29.1 Å². The molecule has 1 heterocycles. The van der Waals surface area contributed by atoms with Gasteiger partial charge in [-0.05, 0) is 42.7 Å². The van der Waals surface area contributed by atoms with E-state index in [0.717, 1.165) is 31.5 Å². The van der Waals surface area contributed by atoms with Crippen LogP contribution in [0.25, 0.3) is 0 Å². The number of carbonyl (C=O) groups is 1. The maximum absolute atomic E-state index is 12.9. The first-order chi connectivity index (χ1) is 14.4. The first-order valence-electron chi connectivity index (χ1n) is 9.76. The summed E-state index contributed by atoms with van der Waals surface area (Å²) in [4.78, 5) is 14.3. The van der Waals surface area contributed by atoms with Crippen molar-refractivity contribution in [2.24, 2.45) is 0 Å². The van der Waals surface area contributed by atoms with Crippen LogP contribution in [-0.4, -0.2) is 49.8 Å². The second-order valence-electron chi connectivity index (χ2n) is 7.43. The van der Waals surface area contributed by atoms with Gasteiger partial charge < -0.3 is 14.8 Å². The van der Waals surface area contributed by atoms with E-state index < -0.39 is 5.60 Å². The predicted molar refractivity (Wildman–Crippen MR) is 116 cm³/mol. The summed E-state index contributed by atoms with van der Waals surface area (Å²) in [5.41, 5.74) is 0.453. The van der Waals surface area contributed by atoms with E-state index in [-0.39, 0.29) is 11.7 Å². The van der Waals surface area contributed by atoms with Crippen molar-refractivity contribution in [1.29, 1.82) is 0 Å². The van der Waals surface area contributed by atoms with Crippen molar-refractivity contribution in [3.8, 4) is 5.75 Å². The van der Waals surface area contributed by atoms with Gasteiger partial charge in [-0.1, -0.05) is 35.3 Å². The highest BCUT2D eigenvalue weighted by molar-refractivity contribution is 6.42. The maximum Gasteiger partial charge on any atom is 0.234 e. The number of hydrogen-bond donors (Lipinski definition) is 1. The third kappa shape index (κ3) is 6.32. The number of rotatable bonds is 8. The summed E-state index contributed by atoms with van der Waals surface area (Å²) in [6.07, 6.45) is 1.49. The zero-order valence-corrected chi connectivity index (χ0v) is 18.3. The van der Waals surface area contributed by atoms with Crippen LogP contribution in [0.5, 0.6) is 5.75 Å². The number of carbonyl (C=O) groups excluding carboxylic acids is 1. The summed E-state index contributed by atoms with van der Waals surface area (Å²) in [5, 5.41) is 3.80. The predicted octanol–water partition coefficient (Wildman–Crippen LogP) is 4.31. The van der Waals surface area contributed by atoms with Gasteiger partial charge in [0.25, 0.3) is 0 Å². The molecular weight excluding hydrogens is 430 g/mol. The van der Waals surface area contributed by atoms with Crippen LogP contribution < -0.4 is 10.1 Å². The molecule has 0 bridgehead atoms. The third-order valence-electron chi connectivity index (χ3n) is 5.36. The zero-order valence-electron chi connectivity index (χ0n) is 16.8. The zero-order chi connectivity index (χ0) is 21.6. The van der Waals surface area contributed by atoms with E-state index in [1.54, 1.807) is 37.4 Å². The van der Waals surface area contributed by atoms with Crippen LogP contribution in [0.4, 0.5) is 4.39 Å². The highest BCUT2D eigenvalue weighted by Crippen LogP contribution is 2.30. The molecule has 2 aromatic rings. The van der Waals surface area contributed by atoms with Crippen LogP contribution in [-0.2, 0) is 16.1 Å². The average molecular weight is 455 g/mol. The van der Waals surface area contributed by atoms with E-state index in [2.05, 4.69) is 10.2 Å². The number of nitrogens with zero attached hydrogens (tertiary/aromatic N) is 1. The molecule has 1 saturated heterocycles. The van der Waals surface area contributed by atoms with E-state index >= 15 is 0 Å². The first-order valence-corrected chi connectivity index (χ1v) is 10.5. The van der Waals surface area contributed by atoms with Crippen molar-refractivity contribution in [2.75, 3.05) is 33.4 Å². The van der Waals surface area contributed by atoms with E-state index in [4.69, 9.17) is 32.7 Å². The lowest BCUT2D eigenvalue weighted by Crippen LogP contribution is -2.51. The number of nitrogens with one attached hydrogen (secondary N) is 1. The number of likely N-dealkylation sites (tertiary alicyclic amines) is 1. The smallest absolute Gasteiger partial charge is 0.234 e. The van der Waals surface area contributed by atoms with E-state index in [9.17, 15) is 9.18 Å². The van der Waals surface area contributed by atoms with Crippen molar-refractivity contribution in [3.63, 3.8) is 0 Å². The molecule has 0 aromatic heterocycles. The van der Waals surface area contributed by atoms with Crippen LogP contribution in [0.2, 0.25) is 10.0 Å². The molecule has 1 aliphatic rings. The number of halogens is 3. The first kappa shape index (κ1) is 22.8. The Morgan fingerprint density at radius 3 is 2.47 bits per heavy atom. The van der Waals surface area contributed by atoms with Crippen molar-refractivity contribution in [1.82, 2.24) is 10.2 Å². The number of methoxy groups -OCH3 is 1. The summed E-state index contributed by atoms with van der Waals surface area (Å²) in [6.45, 7) is 2.54. The summed E-state index contributed by atoms with van der Waals surface area (Å²) in [6, 6.07) is 11.3. The van der Waals surface area contributed by atoms with Gasteiger partial charge in [0.15, 0.2) is 0 Å². The molecule has 5 nitrogen and oxygen atoms in total. The molecule has 2 aromatic carbocycles. The van der Waals surface area contributed by atoms with Gasteiger partial charge in [-0.3, -0.25) is 9.69 Å². The minimum absolute atomic E-state index is 0.0590. The molecule has 3 rings (SSSR count). The lowest BCUT2D eigenvalue weighted by molar-refractivity contribution is -0.125. The minimum Gasteiger partial charge on any atom is -0.491 e. The Labute approximate surface area is 186 Å². The molecule has 8 heteroatoms. The van der Waals surface area contributed by atoms with E-state index in [0.29, 0.717) is 35.5 Å². The fraction of sp³-hybridized carbons (Fsp3) is 0.409. The number of hydrogen-bond acceptors (Lipinski definition) is 4. The quantitative estimate of drug-likeness (QED) is 0.645. The van der Waals surface area contributed by atoms with Crippen molar-refractivity contribution < 1.29 is 18.7 Å². The number of ether oxygens (including phenoxy) is 2. The van der Waals surface area contributed by atoms with Crippen LogP contribution in [0.1, 0.15) is 18.4 Å². The van der Waals surface area contributed by atoms with Gasteiger partial charge in [0.1, 0.15) is 23.8 Å². The molecule has 0 unspecified atom stereocenters. The Balaban J connectivity index is 1.44. The number of piperidine rings is 1. The van der Waals surface area contributed by atoms with Gasteiger partial charge in [0, 0.05) is 32.8 Å². The Bertz CT molecular complexity index is 856. The normalized spacial score (nSPS) is 16.3. The van der Waals surface area contributed by atoms with Crippen LogP contribution in [0, 0.1) is 5.82 Å².